The molecule has 0 bridgehead atoms. The molecule has 0 aliphatic rings. The molecule has 0 unspecified atom stereocenters. The van der Waals surface area contributed by atoms with Gasteiger partial charge in [0.25, 0.3) is 5.91 Å². The van der Waals surface area contributed by atoms with Crippen LogP contribution in [0.1, 0.15) is 17.3 Å². The minimum atomic E-state index is -0.339. The Kier molecular flexibility index (Phi) is 7.33. The molecule has 1 N–H and O–H groups in total. The lowest BCUT2D eigenvalue weighted by Gasteiger charge is -2.14. The molecule has 0 fully saturated rings. The van der Waals surface area contributed by atoms with Crippen molar-refractivity contribution >= 4 is 17.4 Å². The van der Waals surface area contributed by atoms with Crippen molar-refractivity contribution < 1.29 is 28.5 Å². The molecule has 0 heterocycles. The topological polar surface area (TPSA) is 83.1 Å². The predicted octanol–water partition coefficient (Wildman–Crippen LogP) is 4.60. The van der Waals surface area contributed by atoms with Gasteiger partial charge < -0.3 is 24.3 Å². The fourth-order valence-corrected chi connectivity index (χ4v) is 3.13. The summed E-state index contributed by atoms with van der Waals surface area (Å²) < 4.78 is 21.5. The standard InChI is InChI=1S/C25H25NO6/c1-16(27)18-7-11-23(24(13-18)31-4)32-15-25(28)26-19-8-12-22(30-3)21(14-19)17-5-9-20(29-2)10-6-17/h5-14H,15H2,1-4H3,(H,26,28). The van der Waals surface area contributed by atoms with Crippen molar-refractivity contribution in [3.05, 3.63) is 66.2 Å². The maximum atomic E-state index is 12.5. The van der Waals surface area contributed by atoms with Gasteiger partial charge in [-0.3, -0.25) is 9.59 Å². The van der Waals surface area contributed by atoms with Gasteiger partial charge in [0.1, 0.15) is 11.5 Å². The van der Waals surface area contributed by atoms with E-state index in [4.69, 9.17) is 18.9 Å². The van der Waals surface area contributed by atoms with Gasteiger partial charge in [0.15, 0.2) is 23.9 Å². The van der Waals surface area contributed by atoms with Crippen LogP contribution in [-0.2, 0) is 4.79 Å². The second-order valence-electron chi connectivity index (χ2n) is 6.90. The molecule has 32 heavy (non-hydrogen) atoms. The van der Waals surface area contributed by atoms with E-state index in [1.807, 2.05) is 30.3 Å². The number of rotatable bonds is 9. The number of hydrogen-bond acceptors (Lipinski definition) is 6. The molecule has 166 valence electrons. The van der Waals surface area contributed by atoms with Gasteiger partial charge in [-0.2, -0.15) is 0 Å². The number of methoxy groups -OCH3 is 3. The van der Waals surface area contributed by atoms with Crippen LogP contribution in [0, 0.1) is 0 Å². The molecule has 3 rings (SSSR count). The highest BCUT2D eigenvalue weighted by Crippen LogP contribution is 2.33. The van der Waals surface area contributed by atoms with Crippen LogP contribution in [0.2, 0.25) is 0 Å². The van der Waals surface area contributed by atoms with E-state index in [-0.39, 0.29) is 18.3 Å². The minimum absolute atomic E-state index is 0.0836. The number of anilines is 1. The fraction of sp³-hybridized carbons (Fsp3) is 0.200. The molecule has 0 saturated heterocycles. The lowest BCUT2D eigenvalue weighted by molar-refractivity contribution is -0.118. The number of ether oxygens (including phenoxy) is 4. The van der Waals surface area contributed by atoms with Crippen LogP contribution in [0.15, 0.2) is 60.7 Å². The number of hydrogen-bond donors (Lipinski definition) is 1. The monoisotopic (exact) mass is 435 g/mol. The molecule has 1 amide bonds. The highest BCUT2D eigenvalue weighted by atomic mass is 16.5. The molecule has 0 aliphatic heterocycles. The normalized spacial score (nSPS) is 10.2. The number of Topliss-reactive ketones (excluding diaryl/α,β-unsaturated/α-hetero) is 1. The van der Waals surface area contributed by atoms with Crippen molar-refractivity contribution in [1.82, 2.24) is 0 Å². The Morgan fingerprint density at radius 3 is 2.09 bits per heavy atom. The van der Waals surface area contributed by atoms with Crippen LogP contribution in [-0.4, -0.2) is 39.6 Å². The second kappa shape index (κ2) is 10.3. The van der Waals surface area contributed by atoms with Gasteiger partial charge in [-0.05, 0) is 61.0 Å². The first-order valence-electron chi connectivity index (χ1n) is 9.89. The highest BCUT2D eigenvalue weighted by molar-refractivity contribution is 5.95. The minimum Gasteiger partial charge on any atom is -0.497 e. The van der Waals surface area contributed by atoms with E-state index in [2.05, 4.69) is 5.32 Å². The van der Waals surface area contributed by atoms with E-state index in [1.165, 1.54) is 14.0 Å². The molecule has 0 aromatic heterocycles. The molecule has 0 aliphatic carbocycles. The van der Waals surface area contributed by atoms with Crippen LogP contribution in [0.5, 0.6) is 23.0 Å². The Hall–Kier alpha value is -4.00. The van der Waals surface area contributed by atoms with E-state index < -0.39 is 0 Å². The third-order valence-corrected chi connectivity index (χ3v) is 4.81. The van der Waals surface area contributed by atoms with Crippen molar-refractivity contribution in [3.63, 3.8) is 0 Å². The Morgan fingerprint density at radius 1 is 0.781 bits per heavy atom. The average Bonchev–Trinajstić information content (AvgIpc) is 2.82. The summed E-state index contributed by atoms with van der Waals surface area (Å²) in [6, 6.07) is 17.8. The predicted molar refractivity (Wildman–Crippen MR) is 122 cm³/mol. The van der Waals surface area contributed by atoms with Crippen molar-refractivity contribution in [3.8, 4) is 34.1 Å². The molecule has 0 radical (unpaired) electrons. The Bertz CT molecular complexity index is 1110. The quantitative estimate of drug-likeness (QED) is 0.495. The number of nitrogens with one attached hydrogen (secondary N) is 1. The lowest BCUT2D eigenvalue weighted by atomic mass is 10.0. The molecule has 3 aromatic carbocycles. The van der Waals surface area contributed by atoms with Gasteiger partial charge in [-0.1, -0.05) is 12.1 Å². The third-order valence-electron chi connectivity index (χ3n) is 4.81. The fourth-order valence-electron chi connectivity index (χ4n) is 3.13. The molecule has 3 aromatic rings. The molecule has 0 atom stereocenters. The Labute approximate surface area is 186 Å². The number of ketones is 1. The summed E-state index contributed by atoms with van der Waals surface area (Å²) in [7, 11) is 4.69. The van der Waals surface area contributed by atoms with Gasteiger partial charge in [0.2, 0.25) is 0 Å². The maximum absolute atomic E-state index is 12.5. The summed E-state index contributed by atoms with van der Waals surface area (Å²) in [5.74, 6) is 1.77. The van der Waals surface area contributed by atoms with Crippen LogP contribution in [0.3, 0.4) is 0 Å². The summed E-state index contributed by atoms with van der Waals surface area (Å²) in [5.41, 5.74) is 2.85. The SMILES string of the molecule is COc1ccc(-c2cc(NC(=O)COc3ccc(C(C)=O)cc3OC)ccc2OC)cc1. The van der Waals surface area contributed by atoms with Gasteiger partial charge in [-0.15, -0.1) is 0 Å². The molecule has 7 nitrogen and oxygen atoms in total. The number of carbonyl (C=O) groups excluding carboxylic acids is 2. The molecule has 7 heteroatoms. The van der Waals surface area contributed by atoms with Crippen LogP contribution in [0.25, 0.3) is 11.1 Å². The molecular weight excluding hydrogens is 410 g/mol. The Morgan fingerprint density at radius 2 is 1.47 bits per heavy atom. The third kappa shape index (κ3) is 5.37. The molecule has 0 spiro atoms. The van der Waals surface area contributed by atoms with E-state index in [9.17, 15) is 9.59 Å². The van der Waals surface area contributed by atoms with Crippen LogP contribution >= 0.6 is 0 Å². The zero-order valence-electron chi connectivity index (χ0n) is 18.4. The summed E-state index contributed by atoms with van der Waals surface area (Å²) in [5, 5.41) is 2.82. The summed E-state index contributed by atoms with van der Waals surface area (Å²) >= 11 is 0. The molecular formula is C25H25NO6. The largest absolute Gasteiger partial charge is 0.497 e. The first-order valence-corrected chi connectivity index (χ1v) is 9.89. The number of amides is 1. The lowest BCUT2D eigenvalue weighted by Crippen LogP contribution is -2.20. The highest BCUT2D eigenvalue weighted by Gasteiger charge is 2.12. The number of carbonyl (C=O) groups is 2. The smallest absolute Gasteiger partial charge is 0.262 e. The van der Waals surface area contributed by atoms with Gasteiger partial charge in [-0.25, -0.2) is 0 Å². The summed E-state index contributed by atoms with van der Waals surface area (Å²) in [6.07, 6.45) is 0. The van der Waals surface area contributed by atoms with Crippen LogP contribution in [0.4, 0.5) is 5.69 Å². The van der Waals surface area contributed by atoms with E-state index >= 15 is 0 Å². The second-order valence-corrected chi connectivity index (χ2v) is 6.90. The van der Waals surface area contributed by atoms with Gasteiger partial charge >= 0.3 is 0 Å². The zero-order valence-corrected chi connectivity index (χ0v) is 18.4. The maximum Gasteiger partial charge on any atom is 0.262 e. The first-order chi connectivity index (χ1) is 15.4. The Balaban J connectivity index is 1.72. The summed E-state index contributed by atoms with van der Waals surface area (Å²) in [4.78, 5) is 24.0. The van der Waals surface area contributed by atoms with Crippen molar-refractivity contribution in [1.29, 1.82) is 0 Å². The van der Waals surface area contributed by atoms with E-state index in [1.54, 1.807) is 44.6 Å². The van der Waals surface area contributed by atoms with E-state index in [0.29, 0.717) is 28.5 Å². The number of benzene rings is 3. The zero-order chi connectivity index (χ0) is 23.1. The molecule has 0 saturated carbocycles. The van der Waals surface area contributed by atoms with Crippen molar-refractivity contribution in [2.24, 2.45) is 0 Å². The van der Waals surface area contributed by atoms with Gasteiger partial charge in [0.05, 0.1) is 21.3 Å². The van der Waals surface area contributed by atoms with Crippen LogP contribution < -0.4 is 24.3 Å². The van der Waals surface area contributed by atoms with Gasteiger partial charge in [0, 0.05) is 16.8 Å². The average molecular weight is 435 g/mol. The summed E-state index contributed by atoms with van der Waals surface area (Å²) in [6.45, 7) is 1.25. The first kappa shape index (κ1) is 22.7. The van der Waals surface area contributed by atoms with Crippen molar-refractivity contribution in [2.45, 2.75) is 6.92 Å². The van der Waals surface area contributed by atoms with Crippen molar-refractivity contribution in [2.75, 3.05) is 33.3 Å². The van der Waals surface area contributed by atoms with E-state index in [0.717, 1.165) is 16.9 Å².